The number of alkyl halides is 3. The minimum Gasteiger partial charge on any atom is -0.318 e. The van der Waals surface area contributed by atoms with Gasteiger partial charge in [-0.3, -0.25) is 20.9 Å². The molecule has 3 N–H and O–H groups in total. The van der Waals surface area contributed by atoms with E-state index in [0.717, 1.165) is 12.8 Å². The molecule has 0 saturated heterocycles. The lowest BCUT2D eigenvalue weighted by atomic mass is 10.1. The van der Waals surface area contributed by atoms with Gasteiger partial charge in [0.05, 0.1) is 11.5 Å². The lowest BCUT2D eigenvalue weighted by Gasteiger charge is -2.23. The molecule has 2 rings (SSSR count). The predicted molar refractivity (Wildman–Crippen MR) is 70.4 cm³/mol. The molecule has 1 fully saturated rings. The Bertz CT molecular complexity index is 532. The number of nitrogens with one attached hydrogen (secondary N) is 1. The molecular formula is C12H15F3N4O2. The van der Waals surface area contributed by atoms with Crippen molar-refractivity contribution in [2.75, 3.05) is 12.0 Å². The van der Waals surface area contributed by atoms with Gasteiger partial charge < -0.3 is 5.43 Å². The van der Waals surface area contributed by atoms with E-state index in [0.29, 0.717) is 5.56 Å². The summed E-state index contributed by atoms with van der Waals surface area (Å²) in [5.41, 5.74) is 2.62. The Balaban J connectivity index is 2.15. The molecule has 0 atom stereocenters. The van der Waals surface area contributed by atoms with Gasteiger partial charge in [0.15, 0.2) is 0 Å². The second kappa shape index (κ2) is 5.86. The van der Waals surface area contributed by atoms with E-state index >= 15 is 0 Å². The molecule has 1 aliphatic carbocycles. The van der Waals surface area contributed by atoms with Crippen LogP contribution in [0.5, 0.6) is 0 Å². The third-order valence-electron chi connectivity index (χ3n) is 3.24. The summed E-state index contributed by atoms with van der Waals surface area (Å²) in [6.07, 6.45) is -2.78. The van der Waals surface area contributed by atoms with E-state index in [1.807, 2.05) is 0 Å². The maximum absolute atomic E-state index is 12.5. The van der Waals surface area contributed by atoms with E-state index < -0.39 is 17.6 Å². The minimum atomic E-state index is -4.27. The zero-order chi connectivity index (χ0) is 15.6. The highest BCUT2D eigenvalue weighted by Crippen LogP contribution is 2.32. The van der Waals surface area contributed by atoms with Crippen LogP contribution in [0.4, 0.5) is 24.5 Å². The van der Waals surface area contributed by atoms with E-state index in [1.54, 1.807) is 0 Å². The summed E-state index contributed by atoms with van der Waals surface area (Å²) < 4.78 is 37.6. The summed E-state index contributed by atoms with van der Waals surface area (Å²) in [5, 5.41) is 10.8. The Kier molecular flexibility index (Phi) is 4.33. The monoisotopic (exact) mass is 304 g/mol. The van der Waals surface area contributed by atoms with E-state index in [2.05, 4.69) is 5.43 Å². The lowest BCUT2D eigenvalue weighted by Crippen LogP contribution is -2.35. The molecule has 0 heterocycles. The van der Waals surface area contributed by atoms with Crippen molar-refractivity contribution in [3.05, 3.63) is 33.9 Å². The summed E-state index contributed by atoms with van der Waals surface area (Å²) in [6.45, 7) is -0.906. The normalized spacial score (nSPS) is 15.3. The third-order valence-corrected chi connectivity index (χ3v) is 3.24. The highest BCUT2D eigenvalue weighted by atomic mass is 19.4. The molecule has 21 heavy (non-hydrogen) atoms. The van der Waals surface area contributed by atoms with Gasteiger partial charge in [-0.15, -0.1) is 0 Å². The molecule has 1 aromatic carbocycles. The molecule has 1 saturated carbocycles. The van der Waals surface area contributed by atoms with Gasteiger partial charge in [0.2, 0.25) is 0 Å². The Morgan fingerprint density at radius 3 is 2.57 bits per heavy atom. The number of anilines is 1. The average Bonchev–Trinajstić information content (AvgIpc) is 3.20. The second-order valence-corrected chi connectivity index (χ2v) is 5.00. The second-order valence-electron chi connectivity index (χ2n) is 5.00. The summed E-state index contributed by atoms with van der Waals surface area (Å²) in [6, 6.07) is 4.02. The number of benzene rings is 1. The van der Waals surface area contributed by atoms with Crippen LogP contribution in [-0.4, -0.2) is 28.6 Å². The van der Waals surface area contributed by atoms with Crippen molar-refractivity contribution in [3.8, 4) is 0 Å². The number of rotatable bonds is 6. The zero-order valence-corrected chi connectivity index (χ0v) is 11.1. The summed E-state index contributed by atoms with van der Waals surface area (Å²) >= 11 is 0. The van der Waals surface area contributed by atoms with Crippen LogP contribution in [0.3, 0.4) is 0 Å². The molecular weight excluding hydrogens is 289 g/mol. The first-order valence-electron chi connectivity index (χ1n) is 6.35. The van der Waals surface area contributed by atoms with E-state index in [-0.39, 0.29) is 24.0 Å². The van der Waals surface area contributed by atoms with Crippen LogP contribution in [0.25, 0.3) is 0 Å². The fourth-order valence-corrected chi connectivity index (χ4v) is 2.17. The third kappa shape index (κ3) is 4.30. The van der Waals surface area contributed by atoms with Gasteiger partial charge in [0, 0.05) is 18.7 Å². The van der Waals surface area contributed by atoms with Crippen molar-refractivity contribution < 1.29 is 18.1 Å². The van der Waals surface area contributed by atoms with Gasteiger partial charge in [-0.05, 0) is 24.5 Å². The van der Waals surface area contributed by atoms with E-state index in [9.17, 15) is 23.3 Å². The molecule has 0 unspecified atom stereocenters. The van der Waals surface area contributed by atoms with E-state index in [4.69, 9.17) is 5.84 Å². The van der Waals surface area contributed by atoms with Crippen LogP contribution in [0.15, 0.2) is 18.2 Å². The number of hydrogen-bond acceptors (Lipinski definition) is 5. The first-order chi connectivity index (χ1) is 9.80. The number of nitro groups is 1. The number of nitro benzene ring substituents is 1. The van der Waals surface area contributed by atoms with Crippen LogP contribution in [0.1, 0.15) is 18.4 Å². The summed E-state index contributed by atoms with van der Waals surface area (Å²) in [7, 11) is 0. The van der Waals surface area contributed by atoms with Crippen molar-refractivity contribution in [3.63, 3.8) is 0 Å². The molecule has 0 amide bonds. The van der Waals surface area contributed by atoms with Crippen LogP contribution >= 0.6 is 0 Å². The molecule has 6 nitrogen and oxygen atoms in total. The number of nitrogens with zero attached hydrogens (tertiary/aromatic N) is 2. The Morgan fingerprint density at radius 1 is 1.43 bits per heavy atom. The largest absolute Gasteiger partial charge is 0.401 e. The number of hydrazine groups is 1. The number of nitrogens with two attached hydrogens (primary N) is 1. The van der Waals surface area contributed by atoms with Crippen LogP contribution < -0.4 is 11.3 Å². The zero-order valence-electron chi connectivity index (χ0n) is 11.1. The maximum Gasteiger partial charge on any atom is 0.401 e. The molecule has 1 aliphatic rings. The average molecular weight is 304 g/mol. The van der Waals surface area contributed by atoms with Gasteiger partial charge in [0.25, 0.3) is 5.69 Å². The summed E-state index contributed by atoms with van der Waals surface area (Å²) in [5.74, 6) is 5.21. The first kappa shape index (κ1) is 15.5. The van der Waals surface area contributed by atoms with Crippen molar-refractivity contribution in [1.29, 1.82) is 0 Å². The smallest absolute Gasteiger partial charge is 0.318 e. The molecule has 0 radical (unpaired) electrons. The quantitative estimate of drug-likeness (QED) is 0.479. The van der Waals surface area contributed by atoms with Crippen molar-refractivity contribution in [1.82, 2.24) is 4.90 Å². The molecule has 0 bridgehead atoms. The number of nitrogen functional groups attached to an aromatic ring is 1. The minimum absolute atomic E-state index is 0.0731. The molecule has 0 aromatic heterocycles. The first-order valence-corrected chi connectivity index (χ1v) is 6.35. The van der Waals surface area contributed by atoms with Gasteiger partial charge >= 0.3 is 6.18 Å². The number of halogens is 3. The summed E-state index contributed by atoms with van der Waals surface area (Å²) in [4.78, 5) is 11.5. The SMILES string of the molecule is NNc1cc(CN(CC(F)(F)F)C2CC2)ccc1[N+](=O)[O-]. The highest BCUT2D eigenvalue weighted by molar-refractivity contribution is 5.62. The molecule has 1 aromatic rings. The van der Waals surface area contributed by atoms with Gasteiger partial charge in [-0.2, -0.15) is 13.2 Å². The predicted octanol–water partition coefficient (Wildman–Crippen LogP) is 2.41. The van der Waals surface area contributed by atoms with Gasteiger partial charge in [0.1, 0.15) is 5.69 Å². The van der Waals surface area contributed by atoms with Crippen LogP contribution in [0, 0.1) is 10.1 Å². The van der Waals surface area contributed by atoms with Crippen molar-refractivity contribution >= 4 is 11.4 Å². The fourth-order valence-electron chi connectivity index (χ4n) is 2.17. The Labute approximate surface area is 118 Å². The van der Waals surface area contributed by atoms with Crippen molar-refractivity contribution in [2.24, 2.45) is 5.84 Å². The standard InChI is InChI=1S/C12H15F3N4O2/c13-12(14,15)7-18(9-2-3-9)6-8-1-4-11(19(20)21)10(5-8)17-16/h1,4-5,9,17H,2-3,6-7,16H2. The maximum atomic E-state index is 12.5. The number of hydrogen-bond donors (Lipinski definition) is 2. The van der Waals surface area contributed by atoms with Gasteiger partial charge in [-0.25, -0.2) is 0 Å². The van der Waals surface area contributed by atoms with Crippen molar-refractivity contribution in [2.45, 2.75) is 31.6 Å². The van der Waals surface area contributed by atoms with E-state index in [1.165, 1.54) is 23.1 Å². The molecule has 0 spiro atoms. The lowest BCUT2D eigenvalue weighted by molar-refractivity contribution is -0.384. The van der Waals surface area contributed by atoms with Gasteiger partial charge in [-0.1, -0.05) is 6.07 Å². The van der Waals surface area contributed by atoms with Crippen LogP contribution in [0.2, 0.25) is 0 Å². The molecule has 116 valence electrons. The fraction of sp³-hybridized carbons (Fsp3) is 0.500. The molecule has 9 heteroatoms. The topological polar surface area (TPSA) is 84.4 Å². The highest BCUT2D eigenvalue weighted by Gasteiger charge is 2.38. The van der Waals surface area contributed by atoms with Crippen LogP contribution in [-0.2, 0) is 6.54 Å². The Hall–Kier alpha value is -1.87. The Morgan fingerprint density at radius 2 is 2.10 bits per heavy atom. The molecule has 0 aliphatic heterocycles.